The molecule has 2 aromatic carbocycles. The van der Waals surface area contributed by atoms with E-state index in [0.29, 0.717) is 5.69 Å². The summed E-state index contributed by atoms with van der Waals surface area (Å²) in [4.78, 5) is 4.74. The third-order valence-corrected chi connectivity index (χ3v) is 6.56. The Labute approximate surface area is 166 Å². The Bertz CT molecular complexity index is 1110. The molecule has 0 fully saturated rings. The first kappa shape index (κ1) is 18.7. The van der Waals surface area contributed by atoms with Crippen molar-refractivity contribution in [1.82, 2.24) is 9.55 Å². The molecule has 6 heteroatoms. The van der Waals surface area contributed by atoms with Crippen molar-refractivity contribution in [3.05, 3.63) is 66.1 Å². The van der Waals surface area contributed by atoms with Crippen LogP contribution in [-0.4, -0.2) is 18.0 Å². The van der Waals surface area contributed by atoms with Crippen molar-refractivity contribution >= 4 is 15.7 Å². The lowest BCUT2D eigenvalue weighted by Crippen LogP contribution is -2.15. The Morgan fingerprint density at radius 1 is 1.07 bits per heavy atom. The number of sulfonamides is 1. The van der Waals surface area contributed by atoms with Gasteiger partial charge in [0.15, 0.2) is 0 Å². The minimum Gasteiger partial charge on any atom is -0.328 e. The summed E-state index contributed by atoms with van der Waals surface area (Å²) in [5.41, 5.74) is 3.62. The molecule has 146 valence electrons. The lowest BCUT2D eigenvalue weighted by atomic mass is 9.87. The second-order valence-corrected chi connectivity index (χ2v) is 9.96. The van der Waals surface area contributed by atoms with Gasteiger partial charge in [-0.15, -0.1) is 0 Å². The fraction of sp³-hybridized carbons (Fsp3) is 0.318. The fourth-order valence-corrected chi connectivity index (χ4v) is 4.63. The normalized spacial score (nSPS) is 14.1. The number of nitrogens with one attached hydrogen (secondary N) is 1. The van der Waals surface area contributed by atoms with Gasteiger partial charge in [-0.3, -0.25) is 4.72 Å². The monoisotopic (exact) mass is 395 g/mol. The molecule has 0 saturated carbocycles. The van der Waals surface area contributed by atoms with Gasteiger partial charge in [0, 0.05) is 24.2 Å². The zero-order chi connectivity index (χ0) is 19.9. The summed E-state index contributed by atoms with van der Waals surface area (Å²) in [6.45, 7) is 7.27. The summed E-state index contributed by atoms with van der Waals surface area (Å²) in [5, 5.41) is 0. The number of nitrogens with zero attached hydrogens (tertiary/aromatic N) is 2. The van der Waals surface area contributed by atoms with E-state index in [1.165, 1.54) is 0 Å². The predicted molar refractivity (Wildman–Crippen MR) is 112 cm³/mol. The zero-order valence-electron chi connectivity index (χ0n) is 16.4. The highest BCUT2D eigenvalue weighted by molar-refractivity contribution is 7.92. The van der Waals surface area contributed by atoms with Crippen LogP contribution in [0.4, 0.5) is 5.69 Å². The van der Waals surface area contributed by atoms with Gasteiger partial charge in [0.1, 0.15) is 5.82 Å². The second-order valence-electron chi connectivity index (χ2n) is 8.28. The number of aromatic nitrogens is 2. The fourth-order valence-electron chi connectivity index (χ4n) is 3.58. The predicted octanol–water partition coefficient (Wildman–Crippen LogP) is 4.59. The van der Waals surface area contributed by atoms with Crippen molar-refractivity contribution in [3.8, 4) is 11.3 Å². The minimum absolute atomic E-state index is 0.0183. The highest BCUT2D eigenvalue weighted by Crippen LogP contribution is 2.29. The van der Waals surface area contributed by atoms with Crippen molar-refractivity contribution in [2.45, 2.75) is 50.5 Å². The van der Waals surface area contributed by atoms with Crippen LogP contribution in [0.25, 0.3) is 11.3 Å². The van der Waals surface area contributed by atoms with Gasteiger partial charge in [-0.05, 0) is 41.7 Å². The van der Waals surface area contributed by atoms with Gasteiger partial charge in [-0.2, -0.15) is 0 Å². The number of anilines is 1. The van der Waals surface area contributed by atoms with E-state index in [-0.39, 0.29) is 10.3 Å². The number of benzene rings is 2. The number of aryl methyl sites for hydroxylation is 1. The molecule has 28 heavy (non-hydrogen) atoms. The Kier molecular flexibility index (Phi) is 4.54. The SMILES string of the molecule is CC(C)(C)c1ccc(S(=O)(=O)Nc2cccc(-c3cnc4n3CCC4)c2)cc1. The number of hydrogen-bond donors (Lipinski definition) is 1. The first-order chi connectivity index (χ1) is 13.2. The van der Waals surface area contributed by atoms with Crippen LogP contribution >= 0.6 is 0 Å². The summed E-state index contributed by atoms with van der Waals surface area (Å²) >= 11 is 0. The highest BCUT2D eigenvalue weighted by Gasteiger charge is 2.19. The van der Waals surface area contributed by atoms with E-state index in [1.807, 2.05) is 36.5 Å². The highest BCUT2D eigenvalue weighted by atomic mass is 32.2. The molecule has 0 spiro atoms. The van der Waals surface area contributed by atoms with Gasteiger partial charge < -0.3 is 4.57 Å². The molecule has 0 saturated heterocycles. The van der Waals surface area contributed by atoms with Crippen LogP contribution in [0, 0.1) is 0 Å². The van der Waals surface area contributed by atoms with Gasteiger partial charge in [-0.25, -0.2) is 13.4 Å². The molecule has 0 amide bonds. The van der Waals surface area contributed by atoms with Crippen LogP contribution in [-0.2, 0) is 28.4 Å². The maximum atomic E-state index is 12.8. The first-order valence-electron chi connectivity index (χ1n) is 9.52. The average Bonchev–Trinajstić information content (AvgIpc) is 3.24. The summed E-state index contributed by atoms with van der Waals surface area (Å²) in [6, 6.07) is 14.6. The molecular weight excluding hydrogens is 370 g/mol. The Balaban J connectivity index is 1.60. The third-order valence-electron chi connectivity index (χ3n) is 5.16. The molecule has 1 aromatic heterocycles. The van der Waals surface area contributed by atoms with E-state index in [0.717, 1.165) is 42.0 Å². The van der Waals surface area contributed by atoms with E-state index in [9.17, 15) is 8.42 Å². The largest absolute Gasteiger partial charge is 0.328 e. The molecule has 0 atom stereocenters. The van der Waals surface area contributed by atoms with E-state index >= 15 is 0 Å². The van der Waals surface area contributed by atoms with Gasteiger partial charge in [0.25, 0.3) is 10.0 Å². The minimum atomic E-state index is -3.65. The van der Waals surface area contributed by atoms with Crippen LogP contribution in [0.1, 0.15) is 38.6 Å². The number of hydrogen-bond acceptors (Lipinski definition) is 3. The van der Waals surface area contributed by atoms with Gasteiger partial charge in [-0.1, -0.05) is 45.0 Å². The first-order valence-corrected chi connectivity index (χ1v) is 11.0. The van der Waals surface area contributed by atoms with Crippen molar-refractivity contribution in [2.75, 3.05) is 4.72 Å². The van der Waals surface area contributed by atoms with E-state index in [2.05, 4.69) is 35.0 Å². The zero-order valence-corrected chi connectivity index (χ0v) is 17.3. The Morgan fingerprint density at radius 2 is 1.82 bits per heavy atom. The topological polar surface area (TPSA) is 64.0 Å². The quantitative estimate of drug-likeness (QED) is 0.702. The maximum Gasteiger partial charge on any atom is 0.261 e. The van der Waals surface area contributed by atoms with Crippen LogP contribution in [0.3, 0.4) is 0 Å². The van der Waals surface area contributed by atoms with E-state index in [1.54, 1.807) is 18.2 Å². The molecule has 2 heterocycles. The van der Waals surface area contributed by atoms with Crippen LogP contribution in [0.2, 0.25) is 0 Å². The molecule has 0 aliphatic carbocycles. The summed E-state index contributed by atoms with van der Waals surface area (Å²) in [5.74, 6) is 1.10. The molecule has 1 aliphatic rings. The lowest BCUT2D eigenvalue weighted by Gasteiger charge is -2.19. The van der Waals surface area contributed by atoms with E-state index < -0.39 is 10.0 Å². The molecule has 0 bridgehead atoms. The van der Waals surface area contributed by atoms with Crippen LogP contribution in [0.15, 0.2) is 59.6 Å². The van der Waals surface area contributed by atoms with Crippen LogP contribution < -0.4 is 4.72 Å². The number of rotatable bonds is 4. The van der Waals surface area contributed by atoms with E-state index in [4.69, 9.17) is 0 Å². The molecule has 3 aromatic rings. The molecule has 0 unspecified atom stereocenters. The van der Waals surface area contributed by atoms with Crippen molar-refractivity contribution < 1.29 is 8.42 Å². The van der Waals surface area contributed by atoms with Gasteiger partial charge >= 0.3 is 0 Å². The van der Waals surface area contributed by atoms with Crippen molar-refractivity contribution in [2.24, 2.45) is 0 Å². The number of fused-ring (bicyclic) bond motifs is 1. The molecule has 1 N–H and O–H groups in total. The molecule has 1 aliphatic heterocycles. The maximum absolute atomic E-state index is 12.8. The molecule has 0 radical (unpaired) electrons. The lowest BCUT2D eigenvalue weighted by molar-refractivity contribution is 0.587. The summed E-state index contributed by atoms with van der Waals surface area (Å²) in [7, 11) is -3.65. The summed E-state index contributed by atoms with van der Waals surface area (Å²) < 4.78 is 30.6. The molecular formula is C22H25N3O2S. The molecule has 5 nitrogen and oxygen atoms in total. The standard InChI is InChI=1S/C22H25N3O2S/c1-22(2,3)17-9-11-19(12-10-17)28(26,27)24-18-7-4-6-16(14-18)20-15-23-21-8-5-13-25(20)21/h4,6-7,9-12,14-15,24H,5,8,13H2,1-3H3. The summed E-state index contributed by atoms with van der Waals surface area (Å²) in [6.07, 6.45) is 3.97. The van der Waals surface area contributed by atoms with Crippen LogP contribution in [0.5, 0.6) is 0 Å². The number of imidazole rings is 1. The van der Waals surface area contributed by atoms with Crippen molar-refractivity contribution in [1.29, 1.82) is 0 Å². The molecule has 4 rings (SSSR count). The third kappa shape index (κ3) is 3.56. The van der Waals surface area contributed by atoms with Gasteiger partial charge in [0.2, 0.25) is 0 Å². The van der Waals surface area contributed by atoms with Gasteiger partial charge in [0.05, 0.1) is 16.8 Å². The second kappa shape index (κ2) is 6.78. The Morgan fingerprint density at radius 3 is 2.54 bits per heavy atom. The van der Waals surface area contributed by atoms with Crippen molar-refractivity contribution in [3.63, 3.8) is 0 Å². The average molecular weight is 396 g/mol. The smallest absolute Gasteiger partial charge is 0.261 e. The Hall–Kier alpha value is -2.60.